The van der Waals surface area contributed by atoms with E-state index in [4.69, 9.17) is 4.98 Å². The molecule has 0 radical (unpaired) electrons. The van der Waals surface area contributed by atoms with E-state index in [0.717, 1.165) is 18.5 Å². The molecular weight excluding hydrogens is 210 g/mol. The molecular formula is C14H19N3. The molecule has 0 saturated carbocycles. The van der Waals surface area contributed by atoms with Gasteiger partial charge in [-0.05, 0) is 44.0 Å². The number of hydrogen-bond acceptors (Lipinski definition) is 2. The monoisotopic (exact) mass is 229 g/mol. The van der Waals surface area contributed by atoms with Crippen molar-refractivity contribution in [1.82, 2.24) is 14.9 Å². The van der Waals surface area contributed by atoms with Crippen LogP contribution in [0.2, 0.25) is 0 Å². The fourth-order valence-electron chi connectivity index (χ4n) is 2.69. The molecule has 1 aromatic carbocycles. The normalized spacial score (nSPS) is 20.2. The average Bonchev–Trinajstić information content (AvgIpc) is 2.89. The third kappa shape index (κ3) is 1.95. The van der Waals surface area contributed by atoms with Crippen molar-refractivity contribution in [1.29, 1.82) is 0 Å². The van der Waals surface area contributed by atoms with E-state index < -0.39 is 0 Å². The van der Waals surface area contributed by atoms with Gasteiger partial charge in [0.1, 0.15) is 5.82 Å². The number of hydrogen-bond donors (Lipinski definition) is 1. The SMILES string of the molecule is Cc1ccc2c(c1)nc(CC1CCCN1)n2C. The molecule has 17 heavy (non-hydrogen) atoms. The van der Waals surface area contributed by atoms with Crippen LogP contribution in [-0.2, 0) is 13.5 Å². The van der Waals surface area contributed by atoms with Crippen LogP contribution in [0, 0.1) is 6.92 Å². The van der Waals surface area contributed by atoms with Gasteiger partial charge in [0.15, 0.2) is 0 Å². The van der Waals surface area contributed by atoms with E-state index in [2.05, 4.69) is 42.1 Å². The minimum atomic E-state index is 0.617. The molecule has 2 heterocycles. The first-order chi connectivity index (χ1) is 8.24. The van der Waals surface area contributed by atoms with E-state index in [1.165, 1.54) is 29.7 Å². The number of nitrogens with one attached hydrogen (secondary N) is 1. The Morgan fingerprint density at radius 2 is 2.35 bits per heavy atom. The lowest BCUT2D eigenvalue weighted by Crippen LogP contribution is -2.25. The predicted octanol–water partition coefficient (Wildman–Crippen LogP) is 2.18. The van der Waals surface area contributed by atoms with E-state index >= 15 is 0 Å². The van der Waals surface area contributed by atoms with Gasteiger partial charge < -0.3 is 9.88 Å². The quantitative estimate of drug-likeness (QED) is 0.855. The maximum Gasteiger partial charge on any atom is 0.111 e. The topological polar surface area (TPSA) is 29.9 Å². The van der Waals surface area contributed by atoms with E-state index in [1.54, 1.807) is 0 Å². The summed E-state index contributed by atoms with van der Waals surface area (Å²) in [5.41, 5.74) is 3.64. The summed E-state index contributed by atoms with van der Waals surface area (Å²) in [5, 5.41) is 3.53. The van der Waals surface area contributed by atoms with E-state index in [9.17, 15) is 0 Å². The fraction of sp³-hybridized carbons (Fsp3) is 0.500. The zero-order chi connectivity index (χ0) is 11.8. The lowest BCUT2D eigenvalue weighted by molar-refractivity contribution is 0.575. The number of nitrogens with zero attached hydrogens (tertiary/aromatic N) is 2. The van der Waals surface area contributed by atoms with Crippen molar-refractivity contribution in [2.45, 2.75) is 32.2 Å². The highest BCUT2D eigenvalue weighted by Gasteiger charge is 2.17. The van der Waals surface area contributed by atoms with Crippen molar-refractivity contribution in [3.05, 3.63) is 29.6 Å². The summed E-state index contributed by atoms with van der Waals surface area (Å²) >= 11 is 0. The van der Waals surface area contributed by atoms with Gasteiger partial charge in [0.2, 0.25) is 0 Å². The highest BCUT2D eigenvalue weighted by molar-refractivity contribution is 5.76. The first-order valence-corrected chi connectivity index (χ1v) is 6.39. The molecule has 1 aliphatic heterocycles. The summed E-state index contributed by atoms with van der Waals surface area (Å²) in [6.45, 7) is 3.28. The maximum absolute atomic E-state index is 4.76. The molecule has 1 saturated heterocycles. The number of rotatable bonds is 2. The van der Waals surface area contributed by atoms with Gasteiger partial charge in [-0.3, -0.25) is 0 Å². The van der Waals surface area contributed by atoms with Crippen LogP contribution in [0.1, 0.15) is 24.2 Å². The molecule has 0 amide bonds. The Morgan fingerprint density at radius 3 is 3.12 bits per heavy atom. The zero-order valence-corrected chi connectivity index (χ0v) is 10.5. The minimum absolute atomic E-state index is 0.617. The van der Waals surface area contributed by atoms with Crippen LogP contribution < -0.4 is 5.32 Å². The van der Waals surface area contributed by atoms with Crippen molar-refractivity contribution < 1.29 is 0 Å². The second-order valence-electron chi connectivity index (χ2n) is 5.08. The largest absolute Gasteiger partial charge is 0.331 e. The third-order valence-corrected chi connectivity index (χ3v) is 3.72. The van der Waals surface area contributed by atoms with E-state index in [-0.39, 0.29) is 0 Å². The Morgan fingerprint density at radius 1 is 1.47 bits per heavy atom. The number of benzene rings is 1. The summed E-state index contributed by atoms with van der Waals surface area (Å²) in [5.74, 6) is 1.20. The van der Waals surface area contributed by atoms with Gasteiger partial charge in [-0.1, -0.05) is 6.07 Å². The van der Waals surface area contributed by atoms with E-state index in [1.807, 2.05) is 0 Å². The van der Waals surface area contributed by atoms with Gasteiger partial charge in [-0.15, -0.1) is 0 Å². The van der Waals surface area contributed by atoms with E-state index in [0.29, 0.717) is 6.04 Å². The first-order valence-electron chi connectivity index (χ1n) is 6.39. The van der Waals surface area contributed by atoms with Gasteiger partial charge in [-0.2, -0.15) is 0 Å². The molecule has 0 spiro atoms. The third-order valence-electron chi connectivity index (χ3n) is 3.72. The number of aromatic nitrogens is 2. The fourth-order valence-corrected chi connectivity index (χ4v) is 2.69. The Balaban J connectivity index is 1.96. The van der Waals surface area contributed by atoms with Crippen molar-refractivity contribution in [3.8, 4) is 0 Å². The molecule has 3 heteroatoms. The molecule has 1 aliphatic rings. The summed E-state index contributed by atoms with van der Waals surface area (Å²) < 4.78 is 2.23. The van der Waals surface area contributed by atoms with Crippen molar-refractivity contribution in [3.63, 3.8) is 0 Å². The number of imidazole rings is 1. The van der Waals surface area contributed by atoms with Crippen LogP contribution in [0.4, 0.5) is 0 Å². The van der Waals surface area contributed by atoms with Crippen LogP contribution in [0.3, 0.4) is 0 Å². The standard InChI is InChI=1S/C14H19N3/c1-10-5-6-13-12(8-10)16-14(17(13)2)9-11-4-3-7-15-11/h5-6,8,11,15H,3-4,7,9H2,1-2H3. The van der Waals surface area contributed by atoms with Crippen LogP contribution in [-0.4, -0.2) is 22.1 Å². The zero-order valence-electron chi connectivity index (χ0n) is 10.5. The molecule has 1 N–H and O–H groups in total. The van der Waals surface area contributed by atoms with Gasteiger partial charge in [-0.25, -0.2) is 4.98 Å². The molecule has 1 fully saturated rings. The molecule has 3 rings (SSSR count). The highest BCUT2D eigenvalue weighted by atomic mass is 15.1. The molecule has 1 aromatic heterocycles. The number of aryl methyl sites for hydroxylation is 2. The van der Waals surface area contributed by atoms with Crippen LogP contribution in [0.15, 0.2) is 18.2 Å². The molecule has 0 aliphatic carbocycles. The Labute approximate surface area is 102 Å². The van der Waals surface area contributed by atoms with Gasteiger partial charge in [0.25, 0.3) is 0 Å². The van der Waals surface area contributed by atoms with Crippen molar-refractivity contribution in [2.75, 3.05) is 6.54 Å². The molecule has 1 unspecified atom stereocenters. The Bertz CT molecular complexity index is 536. The van der Waals surface area contributed by atoms with Crippen LogP contribution >= 0.6 is 0 Å². The minimum Gasteiger partial charge on any atom is -0.331 e. The van der Waals surface area contributed by atoms with Crippen molar-refractivity contribution in [2.24, 2.45) is 7.05 Å². The highest BCUT2D eigenvalue weighted by Crippen LogP contribution is 2.19. The molecule has 3 nitrogen and oxygen atoms in total. The number of fused-ring (bicyclic) bond motifs is 1. The van der Waals surface area contributed by atoms with Gasteiger partial charge >= 0.3 is 0 Å². The lowest BCUT2D eigenvalue weighted by atomic mass is 10.1. The molecule has 90 valence electrons. The smallest absolute Gasteiger partial charge is 0.111 e. The Hall–Kier alpha value is -1.35. The summed E-state index contributed by atoms with van der Waals surface area (Å²) in [6.07, 6.45) is 3.63. The maximum atomic E-state index is 4.76. The summed E-state index contributed by atoms with van der Waals surface area (Å²) in [7, 11) is 2.12. The molecule has 1 atom stereocenters. The van der Waals surface area contributed by atoms with Crippen LogP contribution in [0.5, 0.6) is 0 Å². The first kappa shape index (κ1) is 10.8. The molecule has 0 bridgehead atoms. The predicted molar refractivity (Wildman–Crippen MR) is 70.2 cm³/mol. The molecule has 2 aromatic rings. The van der Waals surface area contributed by atoms with Crippen molar-refractivity contribution >= 4 is 11.0 Å². The Kier molecular flexibility index (Phi) is 2.63. The lowest BCUT2D eigenvalue weighted by Gasteiger charge is -2.09. The second kappa shape index (κ2) is 4.15. The van der Waals surface area contributed by atoms with Gasteiger partial charge in [0, 0.05) is 19.5 Å². The van der Waals surface area contributed by atoms with Gasteiger partial charge in [0.05, 0.1) is 11.0 Å². The average molecular weight is 229 g/mol. The summed E-state index contributed by atoms with van der Waals surface area (Å²) in [6, 6.07) is 7.11. The summed E-state index contributed by atoms with van der Waals surface area (Å²) in [4.78, 5) is 4.76. The second-order valence-corrected chi connectivity index (χ2v) is 5.08. The van der Waals surface area contributed by atoms with Crippen LogP contribution in [0.25, 0.3) is 11.0 Å².